The molecule has 2 aromatic rings. The summed E-state index contributed by atoms with van der Waals surface area (Å²) in [4.78, 5) is 11.1. The molecule has 0 N–H and O–H groups in total. The maximum absolute atomic E-state index is 11.1. The fourth-order valence-corrected chi connectivity index (χ4v) is 1.84. The molecule has 0 radical (unpaired) electrons. The molecule has 2 nitrogen and oxygen atoms in total. The van der Waals surface area contributed by atoms with Gasteiger partial charge in [0.1, 0.15) is 5.75 Å². The molecule has 0 atom stereocenters. The smallest absolute Gasteiger partial charge is 0.150 e. The third-order valence-electron chi connectivity index (χ3n) is 2.89. The molecular weight excluding hydrogens is 248 g/mol. The number of rotatable bonds is 5. The predicted octanol–water partition coefficient (Wildman–Crippen LogP) is 3.99. The van der Waals surface area contributed by atoms with Crippen LogP contribution in [0.4, 0.5) is 0 Å². The van der Waals surface area contributed by atoms with Crippen molar-refractivity contribution in [3.8, 4) is 5.75 Å². The molecule has 2 rings (SSSR count). The SMILES string of the molecule is COc1cccc(/C=C/C=C(\C=O)c2ccccc2)c1. The average molecular weight is 264 g/mol. The fraction of sp³-hybridized carbons (Fsp3) is 0.0556. The summed E-state index contributed by atoms with van der Waals surface area (Å²) in [5, 5.41) is 0. The summed E-state index contributed by atoms with van der Waals surface area (Å²) >= 11 is 0. The van der Waals surface area contributed by atoms with Gasteiger partial charge < -0.3 is 4.74 Å². The first-order chi connectivity index (χ1) is 9.83. The van der Waals surface area contributed by atoms with Crippen LogP contribution in [0.1, 0.15) is 11.1 Å². The Kier molecular flexibility index (Phi) is 4.90. The number of carbonyl (C=O) groups is 1. The highest BCUT2D eigenvalue weighted by Crippen LogP contribution is 2.15. The van der Waals surface area contributed by atoms with Crippen molar-refractivity contribution in [2.45, 2.75) is 0 Å². The van der Waals surface area contributed by atoms with Crippen LogP contribution in [0.3, 0.4) is 0 Å². The molecule has 0 fully saturated rings. The summed E-state index contributed by atoms with van der Waals surface area (Å²) in [6.45, 7) is 0. The van der Waals surface area contributed by atoms with Crippen LogP contribution in [0.5, 0.6) is 5.75 Å². The Labute approximate surface area is 119 Å². The molecule has 0 aliphatic rings. The highest BCUT2D eigenvalue weighted by atomic mass is 16.5. The predicted molar refractivity (Wildman–Crippen MR) is 82.5 cm³/mol. The molecule has 2 heteroatoms. The van der Waals surface area contributed by atoms with Crippen molar-refractivity contribution < 1.29 is 9.53 Å². The van der Waals surface area contributed by atoms with Crippen LogP contribution in [-0.4, -0.2) is 13.4 Å². The zero-order valence-electron chi connectivity index (χ0n) is 11.3. The minimum Gasteiger partial charge on any atom is -0.497 e. The fourth-order valence-electron chi connectivity index (χ4n) is 1.84. The molecule has 0 aromatic heterocycles. The summed E-state index contributed by atoms with van der Waals surface area (Å²) in [6, 6.07) is 17.3. The second-order valence-corrected chi connectivity index (χ2v) is 4.24. The Hall–Kier alpha value is -2.61. The Balaban J connectivity index is 2.17. The van der Waals surface area contributed by atoms with Crippen LogP contribution in [0.2, 0.25) is 0 Å². The molecule has 0 amide bonds. The number of aldehydes is 1. The number of methoxy groups -OCH3 is 1. The number of ether oxygens (including phenoxy) is 1. The summed E-state index contributed by atoms with van der Waals surface area (Å²) in [5.41, 5.74) is 2.60. The van der Waals surface area contributed by atoms with E-state index >= 15 is 0 Å². The molecule has 20 heavy (non-hydrogen) atoms. The Morgan fingerprint density at radius 2 is 1.85 bits per heavy atom. The molecule has 0 spiro atoms. The second-order valence-electron chi connectivity index (χ2n) is 4.24. The standard InChI is InChI=1S/C18H16O2/c1-20-18-12-6-8-15(13-18)7-5-11-17(14-19)16-9-3-2-4-10-16/h2-14H,1H3/b7-5+,17-11+. The molecule has 100 valence electrons. The number of benzene rings is 2. The zero-order valence-corrected chi connectivity index (χ0v) is 11.3. The topological polar surface area (TPSA) is 26.3 Å². The van der Waals surface area contributed by atoms with Crippen molar-refractivity contribution in [3.05, 3.63) is 77.9 Å². The van der Waals surface area contributed by atoms with Crippen LogP contribution in [0, 0.1) is 0 Å². The van der Waals surface area contributed by atoms with E-state index in [9.17, 15) is 4.79 Å². The van der Waals surface area contributed by atoms with E-state index in [2.05, 4.69) is 0 Å². The van der Waals surface area contributed by atoms with E-state index in [0.29, 0.717) is 5.57 Å². The van der Waals surface area contributed by atoms with E-state index in [-0.39, 0.29) is 0 Å². The van der Waals surface area contributed by atoms with Crippen LogP contribution in [-0.2, 0) is 4.79 Å². The molecule has 0 aliphatic heterocycles. The average Bonchev–Trinajstić information content (AvgIpc) is 2.52. The third kappa shape index (κ3) is 3.69. The lowest BCUT2D eigenvalue weighted by Crippen LogP contribution is -1.84. The molecule has 0 heterocycles. The van der Waals surface area contributed by atoms with Gasteiger partial charge in [0.05, 0.1) is 7.11 Å². The van der Waals surface area contributed by atoms with Gasteiger partial charge >= 0.3 is 0 Å². The summed E-state index contributed by atoms with van der Waals surface area (Å²) in [6.07, 6.45) is 6.48. The van der Waals surface area contributed by atoms with Crippen LogP contribution < -0.4 is 4.74 Å². The molecule has 2 aromatic carbocycles. The molecule has 0 saturated carbocycles. The van der Waals surface area contributed by atoms with Gasteiger partial charge in [-0.25, -0.2) is 0 Å². The third-order valence-corrected chi connectivity index (χ3v) is 2.89. The van der Waals surface area contributed by atoms with Gasteiger partial charge in [-0.05, 0) is 23.3 Å². The molecule has 0 bridgehead atoms. The van der Waals surface area contributed by atoms with Crippen molar-refractivity contribution in [3.63, 3.8) is 0 Å². The summed E-state index contributed by atoms with van der Waals surface area (Å²) in [5.74, 6) is 0.815. The van der Waals surface area contributed by atoms with Gasteiger partial charge in [0.15, 0.2) is 6.29 Å². The summed E-state index contributed by atoms with van der Waals surface area (Å²) in [7, 11) is 1.64. The Bertz CT molecular complexity index is 625. The van der Waals surface area contributed by atoms with Gasteiger partial charge in [-0.2, -0.15) is 0 Å². The molecule has 0 unspecified atom stereocenters. The Morgan fingerprint density at radius 3 is 2.55 bits per heavy atom. The first kappa shape index (κ1) is 13.8. The van der Waals surface area contributed by atoms with Crippen molar-refractivity contribution in [1.82, 2.24) is 0 Å². The number of hydrogen-bond donors (Lipinski definition) is 0. The van der Waals surface area contributed by atoms with E-state index in [1.165, 1.54) is 0 Å². The van der Waals surface area contributed by atoms with Gasteiger partial charge in [0, 0.05) is 5.57 Å². The quantitative estimate of drug-likeness (QED) is 0.463. The highest BCUT2D eigenvalue weighted by molar-refractivity contribution is 6.07. The van der Waals surface area contributed by atoms with Crippen LogP contribution in [0.15, 0.2) is 66.7 Å². The maximum atomic E-state index is 11.1. The number of allylic oxidation sites excluding steroid dienone is 3. The molecule has 0 saturated heterocycles. The normalized spacial score (nSPS) is 11.6. The largest absolute Gasteiger partial charge is 0.497 e. The van der Waals surface area contributed by atoms with E-state index < -0.39 is 0 Å². The first-order valence-corrected chi connectivity index (χ1v) is 6.36. The second kappa shape index (κ2) is 7.10. The van der Waals surface area contributed by atoms with Crippen LogP contribution >= 0.6 is 0 Å². The van der Waals surface area contributed by atoms with E-state index in [1.807, 2.05) is 72.8 Å². The Morgan fingerprint density at radius 1 is 1.05 bits per heavy atom. The van der Waals surface area contributed by atoms with Gasteiger partial charge in [0.2, 0.25) is 0 Å². The van der Waals surface area contributed by atoms with E-state index in [4.69, 9.17) is 4.74 Å². The highest BCUT2D eigenvalue weighted by Gasteiger charge is 1.96. The van der Waals surface area contributed by atoms with Gasteiger partial charge in [-0.1, -0.05) is 60.7 Å². The van der Waals surface area contributed by atoms with Gasteiger partial charge in [0.25, 0.3) is 0 Å². The van der Waals surface area contributed by atoms with Crippen molar-refractivity contribution in [2.24, 2.45) is 0 Å². The lowest BCUT2D eigenvalue weighted by Gasteiger charge is -2.00. The van der Waals surface area contributed by atoms with Crippen molar-refractivity contribution in [2.75, 3.05) is 7.11 Å². The lowest BCUT2D eigenvalue weighted by atomic mass is 10.1. The monoisotopic (exact) mass is 264 g/mol. The maximum Gasteiger partial charge on any atom is 0.150 e. The van der Waals surface area contributed by atoms with Crippen LogP contribution in [0.25, 0.3) is 11.6 Å². The summed E-state index contributed by atoms with van der Waals surface area (Å²) < 4.78 is 5.17. The molecule has 0 aliphatic carbocycles. The van der Waals surface area contributed by atoms with Gasteiger partial charge in [-0.15, -0.1) is 0 Å². The minimum atomic E-state index is 0.657. The van der Waals surface area contributed by atoms with Gasteiger partial charge in [-0.3, -0.25) is 4.79 Å². The number of hydrogen-bond acceptors (Lipinski definition) is 2. The first-order valence-electron chi connectivity index (χ1n) is 6.36. The zero-order chi connectivity index (χ0) is 14.2. The van der Waals surface area contributed by atoms with Crippen molar-refractivity contribution in [1.29, 1.82) is 0 Å². The molecular formula is C18H16O2. The number of carbonyl (C=O) groups excluding carboxylic acids is 1. The van der Waals surface area contributed by atoms with E-state index in [1.54, 1.807) is 7.11 Å². The van der Waals surface area contributed by atoms with E-state index in [0.717, 1.165) is 23.2 Å². The lowest BCUT2D eigenvalue weighted by molar-refractivity contribution is -0.103. The minimum absolute atomic E-state index is 0.657. The van der Waals surface area contributed by atoms with Crippen molar-refractivity contribution >= 4 is 17.9 Å².